The van der Waals surface area contributed by atoms with E-state index in [1.54, 1.807) is 0 Å². The molecule has 0 radical (unpaired) electrons. The number of nitrogens with one attached hydrogen (secondary N) is 1. The number of hydrogen-bond acceptors (Lipinski definition) is 1. The molecule has 4 heteroatoms. The first-order valence-corrected chi connectivity index (χ1v) is 4.34. The van der Waals surface area contributed by atoms with Crippen LogP contribution < -0.4 is 5.32 Å². The molecule has 1 N–H and O–H groups in total. The summed E-state index contributed by atoms with van der Waals surface area (Å²) >= 11 is 0. The molecule has 0 bridgehead atoms. The normalized spacial score (nSPS) is 41.8. The predicted molar refractivity (Wildman–Crippen MR) is 38.7 cm³/mol. The zero-order valence-electron chi connectivity index (χ0n) is 6.75. The average Bonchev–Trinajstić information content (AvgIpc) is 2.37. The number of halogens is 3. The van der Waals surface area contributed by atoms with Crippen molar-refractivity contribution < 1.29 is 13.2 Å². The van der Waals surface area contributed by atoms with Crippen molar-refractivity contribution in [3.05, 3.63) is 0 Å². The molecule has 1 aliphatic heterocycles. The largest absolute Gasteiger partial charge is 0.396 e. The Kier molecular flexibility index (Phi) is 1.65. The van der Waals surface area contributed by atoms with Gasteiger partial charge in [0.25, 0.3) is 0 Å². The highest BCUT2D eigenvalue weighted by molar-refractivity contribution is 5.03. The zero-order chi connectivity index (χ0) is 8.82. The van der Waals surface area contributed by atoms with Gasteiger partial charge >= 0.3 is 6.18 Å². The van der Waals surface area contributed by atoms with E-state index in [0.717, 1.165) is 12.8 Å². The van der Waals surface area contributed by atoms with Gasteiger partial charge in [-0.2, -0.15) is 13.2 Å². The van der Waals surface area contributed by atoms with E-state index in [2.05, 4.69) is 5.32 Å². The molecule has 0 spiro atoms. The second-order valence-electron chi connectivity index (χ2n) is 3.87. The molecule has 1 heterocycles. The van der Waals surface area contributed by atoms with E-state index in [9.17, 15) is 13.2 Å². The topological polar surface area (TPSA) is 12.0 Å². The van der Waals surface area contributed by atoms with Gasteiger partial charge in [0.05, 0.1) is 5.41 Å². The van der Waals surface area contributed by atoms with Crippen LogP contribution in [-0.2, 0) is 0 Å². The van der Waals surface area contributed by atoms with Crippen LogP contribution in [0.5, 0.6) is 0 Å². The zero-order valence-corrected chi connectivity index (χ0v) is 6.75. The van der Waals surface area contributed by atoms with Crippen LogP contribution in [0.1, 0.15) is 19.3 Å². The molecule has 1 saturated carbocycles. The van der Waals surface area contributed by atoms with E-state index in [1.165, 1.54) is 0 Å². The van der Waals surface area contributed by atoms with Gasteiger partial charge in [-0.3, -0.25) is 0 Å². The highest BCUT2D eigenvalue weighted by atomic mass is 19.4. The Morgan fingerprint density at radius 2 is 2.08 bits per heavy atom. The molecule has 12 heavy (non-hydrogen) atoms. The minimum absolute atomic E-state index is 0.140. The summed E-state index contributed by atoms with van der Waals surface area (Å²) in [4.78, 5) is 0. The summed E-state index contributed by atoms with van der Waals surface area (Å²) in [5, 5.41) is 2.85. The molecule has 0 aromatic heterocycles. The molecule has 2 aliphatic rings. The Hall–Kier alpha value is -0.250. The van der Waals surface area contributed by atoms with Crippen LogP contribution in [0.15, 0.2) is 0 Å². The van der Waals surface area contributed by atoms with Crippen molar-refractivity contribution in [1.82, 2.24) is 5.32 Å². The first-order valence-electron chi connectivity index (χ1n) is 4.34. The summed E-state index contributed by atoms with van der Waals surface area (Å²) in [7, 11) is 0. The molecule has 1 nitrogen and oxygen atoms in total. The molecule has 2 atom stereocenters. The predicted octanol–water partition coefficient (Wildman–Crippen LogP) is 1.94. The van der Waals surface area contributed by atoms with Gasteiger partial charge in [0.2, 0.25) is 0 Å². The lowest BCUT2D eigenvalue weighted by Crippen LogP contribution is -2.41. The lowest BCUT2D eigenvalue weighted by atomic mass is 9.80. The van der Waals surface area contributed by atoms with Gasteiger partial charge < -0.3 is 5.32 Å². The second kappa shape index (κ2) is 2.37. The van der Waals surface area contributed by atoms with E-state index in [-0.39, 0.29) is 12.5 Å². The number of alkyl halides is 3. The maximum Gasteiger partial charge on any atom is 0.396 e. The first kappa shape index (κ1) is 8.35. The lowest BCUT2D eigenvalue weighted by molar-refractivity contribution is -0.224. The van der Waals surface area contributed by atoms with Crippen molar-refractivity contribution in [3.63, 3.8) is 0 Å². The molecule has 0 unspecified atom stereocenters. The van der Waals surface area contributed by atoms with Crippen molar-refractivity contribution in [2.45, 2.75) is 25.4 Å². The van der Waals surface area contributed by atoms with E-state index in [1.807, 2.05) is 0 Å². The number of fused-ring (bicyclic) bond motifs is 1. The maximum atomic E-state index is 12.7. The Bertz CT molecular complexity index is 177. The number of rotatable bonds is 0. The Balaban J connectivity index is 2.28. The first-order chi connectivity index (χ1) is 5.56. The summed E-state index contributed by atoms with van der Waals surface area (Å²) < 4.78 is 38.0. The monoisotopic (exact) mass is 179 g/mol. The number of hydrogen-bond donors (Lipinski definition) is 1. The Morgan fingerprint density at radius 3 is 2.67 bits per heavy atom. The van der Waals surface area contributed by atoms with Gasteiger partial charge in [0, 0.05) is 6.54 Å². The van der Waals surface area contributed by atoms with Gasteiger partial charge in [0.15, 0.2) is 0 Å². The third kappa shape index (κ3) is 0.903. The third-order valence-corrected chi connectivity index (χ3v) is 3.35. The van der Waals surface area contributed by atoms with Crippen molar-refractivity contribution >= 4 is 0 Å². The Labute approximate surface area is 69.3 Å². The highest BCUT2D eigenvalue weighted by Gasteiger charge is 2.62. The minimum atomic E-state index is -4.00. The fraction of sp³-hybridized carbons (Fsp3) is 1.00. The molecule has 1 saturated heterocycles. The van der Waals surface area contributed by atoms with E-state index in [4.69, 9.17) is 0 Å². The summed E-state index contributed by atoms with van der Waals surface area (Å²) in [6.07, 6.45) is -2.19. The average molecular weight is 179 g/mol. The third-order valence-electron chi connectivity index (χ3n) is 3.35. The molecule has 1 aliphatic carbocycles. The van der Waals surface area contributed by atoms with Crippen LogP contribution in [-0.4, -0.2) is 19.3 Å². The van der Waals surface area contributed by atoms with Crippen molar-refractivity contribution in [1.29, 1.82) is 0 Å². The van der Waals surface area contributed by atoms with Gasteiger partial charge in [-0.05, 0) is 25.3 Å². The minimum Gasteiger partial charge on any atom is -0.316 e. The molecule has 0 aromatic rings. The quantitative estimate of drug-likeness (QED) is 0.599. The van der Waals surface area contributed by atoms with Crippen molar-refractivity contribution in [2.24, 2.45) is 11.3 Å². The van der Waals surface area contributed by atoms with Gasteiger partial charge in [-0.1, -0.05) is 6.42 Å². The highest BCUT2D eigenvalue weighted by Crippen LogP contribution is 2.55. The molecule has 70 valence electrons. The van der Waals surface area contributed by atoms with Crippen LogP contribution in [0.3, 0.4) is 0 Å². The standard InChI is InChI=1S/C8H12F3N/c9-8(10,11)7-3-1-2-6(7)4-12-5-7/h6,12H,1-5H2/t6-,7-/m1/s1. The summed E-state index contributed by atoms with van der Waals surface area (Å²) in [5.41, 5.74) is -1.37. The van der Waals surface area contributed by atoms with Gasteiger partial charge in [-0.15, -0.1) is 0 Å². The van der Waals surface area contributed by atoms with E-state index in [0.29, 0.717) is 13.0 Å². The van der Waals surface area contributed by atoms with Gasteiger partial charge in [-0.25, -0.2) is 0 Å². The molecular formula is C8H12F3N. The van der Waals surface area contributed by atoms with Gasteiger partial charge in [0.1, 0.15) is 0 Å². The summed E-state index contributed by atoms with van der Waals surface area (Å²) in [6.45, 7) is 0.695. The summed E-state index contributed by atoms with van der Waals surface area (Å²) in [5.74, 6) is -0.155. The second-order valence-corrected chi connectivity index (χ2v) is 3.87. The molecule has 0 amide bonds. The maximum absolute atomic E-state index is 12.7. The molecule has 2 rings (SSSR count). The molecular weight excluding hydrogens is 167 g/mol. The SMILES string of the molecule is FC(F)(F)[C@@]12CCC[C@@H]1CNC2. The fourth-order valence-electron chi connectivity index (χ4n) is 2.62. The Morgan fingerprint density at radius 1 is 1.33 bits per heavy atom. The van der Waals surface area contributed by atoms with Crippen LogP contribution >= 0.6 is 0 Å². The van der Waals surface area contributed by atoms with Crippen LogP contribution in [0, 0.1) is 11.3 Å². The fourth-order valence-corrected chi connectivity index (χ4v) is 2.62. The van der Waals surface area contributed by atoms with Crippen LogP contribution in [0.25, 0.3) is 0 Å². The van der Waals surface area contributed by atoms with Crippen LogP contribution in [0.2, 0.25) is 0 Å². The van der Waals surface area contributed by atoms with Crippen LogP contribution in [0.4, 0.5) is 13.2 Å². The lowest BCUT2D eigenvalue weighted by Gasteiger charge is -2.30. The van der Waals surface area contributed by atoms with E-state index >= 15 is 0 Å². The van der Waals surface area contributed by atoms with Crippen molar-refractivity contribution in [3.8, 4) is 0 Å². The van der Waals surface area contributed by atoms with E-state index < -0.39 is 11.6 Å². The van der Waals surface area contributed by atoms with Crippen molar-refractivity contribution in [2.75, 3.05) is 13.1 Å². The smallest absolute Gasteiger partial charge is 0.316 e. The molecule has 2 fully saturated rings. The summed E-state index contributed by atoms with van der Waals surface area (Å²) in [6, 6.07) is 0. The molecule has 0 aromatic carbocycles.